The van der Waals surface area contributed by atoms with Gasteiger partial charge in [-0.15, -0.1) is 11.3 Å². The van der Waals surface area contributed by atoms with Crippen LogP contribution in [0.2, 0.25) is 0 Å². The Morgan fingerprint density at radius 2 is 2.35 bits per heavy atom. The number of hydrogen-bond acceptors (Lipinski definition) is 3. The molecule has 0 saturated carbocycles. The van der Waals surface area contributed by atoms with Crippen molar-refractivity contribution in [3.8, 4) is 0 Å². The molecule has 0 N–H and O–H groups in total. The highest BCUT2D eigenvalue weighted by atomic mass is 32.1. The van der Waals surface area contributed by atoms with Crippen molar-refractivity contribution in [3.63, 3.8) is 0 Å². The van der Waals surface area contributed by atoms with Gasteiger partial charge in [-0.05, 0) is 26.8 Å². The highest BCUT2D eigenvalue weighted by Gasteiger charge is 2.07. The van der Waals surface area contributed by atoms with Crippen molar-refractivity contribution >= 4 is 23.3 Å². The molecule has 92 valence electrons. The maximum Gasteiger partial charge on any atom is 0.246 e. The van der Waals surface area contributed by atoms with Gasteiger partial charge in [0.15, 0.2) is 0 Å². The summed E-state index contributed by atoms with van der Waals surface area (Å²) in [6.45, 7) is 10.9. The standard InChI is InChI=1S/C13H18N2OS/c1-5-15(8-10(2)3)13(16)7-6-12-9-17-11(4)14-12/h6-7,9H,2,5,8H2,1,3-4H3/b7-6-. The van der Waals surface area contributed by atoms with Gasteiger partial charge in [-0.3, -0.25) is 4.79 Å². The van der Waals surface area contributed by atoms with E-state index in [0.29, 0.717) is 13.1 Å². The molecule has 4 heteroatoms. The highest BCUT2D eigenvalue weighted by molar-refractivity contribution is 7.09. The van der Waals surface area contributed by atoms with Gasteiger partial charge in [0.05, 0.1) is 10.7 Å². The van der Waals surface area contributed by atoms with E-state index in [4.69, 9.17) is 0 Å². The number of carbonyl (C=O) groups is 1. The molecular formula is C13H18N2OS. The zero-order valence-corrected chi connectivity index (χ0v) is 11.4. The minimum absolute atomic E-state index is 0.00107. The van der Waals surface area contributed by atoms with Crippen LogP contribution in [-0.4, -0.2) is 28.9 Å². The van der Waals surface area contributed by atoms with Gasteiger partial charge in [-0.2, -0.15) is 0 Å². The van der Waals surface area contributed by atoms with E-state index in [2.05, 4.69) is 11.6 Å². The van der Waals surface area contributed by atoms with Crippen molar-refractivity contribution in [3.05, 3.63) is 34.3 Å². The lowest BCUT2D eigenvalue weighted by Crippen LogP contribution is -2.30. The van der Waals surface area contributed by atoms with Crippen LogP contribution in [-0.2, 0) is 4.79 Å². The van der Waals surface area contributed by atoms with Gasteiger partial charge in [0.1, 0.15) is 0 Å². The normalized spacial score (nSPS) is 10.8. The highest BCUT2D eigenvalue weighted by Crippen LogP contribution is 2.09. The van der Waals surface area contributed by atoms with E-state index < -0.39 is 0 Å². The Balaban J connectivity index is 2.63. The predicted octanol–water partition coefficient (Wildman–Crippen LogP) is 2.89. The topological polar surface area (TPSA) is 33.2 Å². The van der Waals surface area contributed by atoms with Crippen molar-refractivity contribution < 1.29 is 4.79 Å². The summed E-state index contributed by atoms with van der Waals surface area (Å²) in [4.78, 5) is 17.9. The van der Waals surface area contributed by atoms with Crippen molar-refractivity contribution in [2.75, 3.05) is 13.1 Å². The minimum Gasteiger partial charge on any atom is -0.335 e. The Hall–Kier alpha value is -1.42. The fraction of sp³-hybridized carbons (Fsp3) is 0.385. The van der Waals surface area contributed by atoms with Crippen molar-refractivity contribution in [2.45, 2.75) is 20.8 Å². The zero-order chi connectivity index (χ0) is 12.8. The van der Waals surface area contributed by atoms with Crippen molar-refractivity contribution in [2.24, 2.45) is 0 Å². The lowest BCUT2D eigenvalue weighted by atomic mass is 10.3. The number of rotatable bonds is 5. The fourth-order valence-electron chi connectivity index (χ4n) is 1.39. The Bertz CT molecular complexity index is 434. The van der Waals surface area contributed by atoms with E-state index in [1.54, 1.807) is 28.4 Å². The maximum absolute atomic E-state index is 11.9. The van der Waals surface area contributed by atoms with Crippen LogP contribution < -0.4 is 0 Å². The first kappa shape index (κ1) is 13.6. The molecule has 0 unspecified atom stereocenters. The average molecular weight is 250 g/mol. The molecule has 0 atom stereocenters. The summed E-state index contributed by atoms with van der Waals surface area (Å²) < 4.78 is 0. The summed E-state index contributed by atoms with van der Waals surface area (Å²) >= 11 is 1.58. The maximum atomic E-state index is 11.9. The lowest BCUT2D eigenvalue weighted by Gasteiger charge is -2.18. The largest absolute Gasteiger partial charge is 0.335 e. The second-order valence-electron chi connectivity index (χ2n) is 3.93. The van der Waals surface area contributed by atoms with Crippen molar-refractivity contribution in [1.29, 1.82) is 0 Å². The summed E-state index contributed by atoms with van der Waals surface area (Å²) in [6.07, 6.45) is 3.33. The van der Waals surface area contributed by atoms with Gasteiger partial charge in [0, 0.05) is 24.5 Å². The van der Waals surface area contributed by atoms with E-state index in [9.17, 15) is 4.79 Å². The van der Waals surface area contributed by atoms with Crippen LogP contribution >= 0.6 is 11.3 Å². The van der Waals surface area contributed by atoms with Crippen LogP contribution in [0, 0.1) is 6.92 Å². The van der Waals surface area contributed by atoms with Crippen molar-refractivity contribution in [1.82, 2.24) is 9.88 Å². The van der Waals surface area contributed by atoms with E-state index in [0.717, 1.165) is 16.3 Å². The van der Waals surface area contributed by atoms with Crippen LogP contribution in [0.5, 0.6) is 0 Å². The van der Waals surface area contributed by atoms with Crippen LogP contribution in [0.3, 0.4) is 0 Å². The first-order chi connectivity index (χ1) is 8.02. The molecule has 1 aromatic rings. The Morgan fingerprint density at radius 1 is 1.65 bits per heavy atom. The molecule has 0 aliphatic heterocycles. The summed E-state index contributed by atoms with van der Waals surface area (Å²) in [5, 5.41) is 2.94. The van der Waals surface area contributed by atoms with Gasteiger partial charge < -0.3 is 4.90 Å². The SMILES string of the molecule is C=C(C)CN(CC)C(=O)/C=C\c1csc(C)n1. The van der Waals surface area contributed by atoms with E-state index >= 15 is 0 Å². The molecule has 0 aromatic carbocycles. The molecule has 0 aliphatic rings. The Kier molecular flexibility index (Phi) is 5.10. The molecule has 0 spiro atoms. The molecule has 0 aliphatic carbocycles. The van der Waals surface area contributed by atoms with Gasteiger partial charge >= 0.3 is 0 Å². The minimum atomic E-state index is 0.00107. The molecule has 17 heavy (non-hydrogen) atoms. The number of amides is 1. The molecule has 0 fully saturated rings. The third-order valence-electron chi connectivity index (χ3n) is 2.19. The zero-order valence-electron chi connectivity index (χ0n) is 10.6. The summed E-state index contributed by atoms with van der Waals surface area (Å²) in [7, 11) is 0. The molecule has 3 nitrogen and oxygen atoms in total. The number of carbonyl (C=O) groups excluding carboxylic acids is 1. The van der Waals surface area contributed by atoms with E-state index in [-0.39, 0.29) is 5.91 Å². The Labute approximate surface area is 106 Å². The number of aromatic nitrogens is 1. The third kappa shape index (κ3) is 4.53. The number of aryl methyl sites for hydroxylation is 1. The lowest BCUT2D eigenvalue weighted by molar-refractivity contribution is -0.125. The molecule has 0 saturated heterocycles. The molecular weight excluding hydrogens is 232 g/mol. The number of nitrogens with zero attached hydrogens (tertiary/aromatic N) is 2. The Morgan fingerprint density at radius 3 is 2.82 bits per heavy atom. The van der Waals surface area contributed by atoms with Gasteiger partial charge in [0.2, 0.25) is 5.91 Å². The predicted molar refractivity (Wildman–Crippen MR) is 73.0 cm³/mol. The van der Waals surface area contributed by atoms with Gasteiger partial charge in [-0.1, -0.05) is 12.2 Å². The second kappa shape index (κ2) is 6.35. The number of thiazole rings is 1. The van der Waals surface area contributed by atoms with Gasteiger partial charge in [0.25, 0.3) is 0 Å². The number of hydrogen-bond donors (Lipinski definition) is 0. The summed E-state index contributed by atoms with van der Waals surface area (Å²) in [5.74, 6) is 0.00107. The van der Waals surface area contributed by atoms with E-state index in [1.165, 1.54) is 0 Å². The van der Waals surface area contributed by atoms with Crippen LogP contribution in [0.25, 0.3) is 6.08 Å². The average Bonchev–Trinajstić information content (AvgIpc) is 2.68. The summed E-state index contributed by atoms with van der Waals surface area (Å²) in [5.41, 5.74) is 1.82. The first-order valence-corrected chi connectivity index (χ1v) is 6.44. The molecule has 1 heterocycles. The van der Waals surface area contributed by atoms with Crippen LogP contribution in [0.4, 0.5) is 0 Å². The van der Waals surface area contributed by atoms with Crippen LogP contribution in [0.15, 0.2) is 23.6 Å². The number of likely N-dealkylation sites (N-methyl/N-ethyl adjacent to an activating group) is 1. The van der Waals surface area contributed by atoms with Gasteiger partial charge in [-0.25, -0.2) is 4.98 Å². The molecule has 0 bridgehead atoms. The van der Waals surface area contributed by atoms with E-state index in [1.807, 2.05) is 26.2 Å². The smallest absolute Gasteiger partial charge is 0.246 e. The monoisotopic (exact) mass is 250 g/mol. The fourth-order valence-corrected chi connectivity index (χ4v) is 1.97. The molecule has 0 radical (unpaired) electrons. The molecule has 1 rings (SSSR count). The third-order valence-corrected chi connectivity index (χ3v) is 2.98. The summed E-state index contributed by atoms with van der Waals surface area (Å²) in [6, 6.07) is 0. The quantitative estimate of drug-likeness (QED) is 0.594. The first-order valence-electron chi connectivity index (χ1n) is 5.56. The second-order valence-corrected chi connectivity index (χ2v) is 5.00. The molecule has 1 aromatic heterocycles. The van der Waals surface area contributed by atoms with Crippen LogP contribution in [0.1, 0.15) is 24.5 Å². The molecule has 1 amide bonds.